The van der Waals surface area contributed by atoms with Crippen molar-refractivity contribution < 1.29 is 9.53 Å². The fourth-order valence-corrected chi connectivity index (χ4v) is 2.03. The standard InChI is InChI=1S/C15H21N3O2/c1-4-11(3)9-20-14(5-2)15(19)18-7-6-12-13(8-18)17-10-16-12/h5,9-10H,4,6-8H2,1-3H3,(H,16,17)/b11-9-,14-5-. The van der Waals surface area contributed by atoms with Crippen LogP contribution in [-0.4, -0.2) is 27.3 Å². The fourth-order valence-electron chi connectivity index (χ4n) is 2.03. The molecule has 0 saturated carbocycles. The number of amides is 1. The third-order valence-electron chi connectivity index (χ3n) is 3.48. The molecule has 0 bridgehead atoms. The first-order valence-corrected chi connectivity index (χ1v) is 6.94. The van der Waals surface area contributed by atoms with Crippen molar-refractivity contribution in [3.8, 4) is 0 Å². The number of carbonyl (C=O) groups is 1. The van der Waals surface area contributed by atoms with Gasteiger partial charge in [-0.1, -0.05) is 6.92 Å². The summed E-state index contributed by atoms with van der Waals surface area (Å²) in [5.41, 5.74) is 3.17. The van der Waals surface area contributed by atoms with Crippen LogP contribution in [-0.2, 0) is 22.5 Å². The molecule has 0 saturated heterocycles. The fraction of sp³-hybridized carbons (Fsp3) is 0.467. The number of carbonyl (C=O) groups excluding carboxylic acids is 1. The van der Waals surface area contributed by atoms with Crippen molar-refractivity contribution in [1.29, 1.82) is 0 Å². The van der Waals surface area contributed by atoms with Gasteiger partial charge in [0.25, 0.3) is 5.91 Å². The molecule has 5 heteroatoms. The topological polar surface area (TPSA) is 58.2 Å². The second-order valence-corrected chi connectivity index (χ2v) is 4.89. The first kappa shape index (κ1) is 14.4. The molecule has 1 N–H and O–H groups in total. The van der Waals surface area contributed by atoms with E-state index in [9.17, 15) is 4.79 Å². The van der Waals surface area contributed by atoms with Crippen molar-refractivity contribution in [2.24, 2.45) is 0 Å². The van der Waals surface area contributed by atoms with Gasteiger partial charge in [-0.2, -0.15) is 0 Å². The lowest BCUT2D eigenvalue weighted by atomic mass is 10.1. The molecule has 1 aromatic heterocycles. The molecule has 0 aliphatic carbocycles. The molecular weight excluding hydrogens is 254 g/mol. The first-order valence-electron chi connectivity index (χ1n) is 6.94. The van der Waals surface area contributed by atoms with Gasteiger partial charge in [0.15, 0.2) is 5.76 Å². The lowest BCUT2D eigenvalue weighted by Gasteiger charge is -2.26. The van der Waals surface area contributed by atoms with Gasteiger partial charge < -0.3 is 14.6 Å². The summed E-state index contributed by atoms with van der Waals surface area (Å²) in [7, 11) is 0. The number of H-pyrrole nitrogens is 1. The Morgan fingerprint density at radius 2 is 2.40 bits per heavy atom. The van der Waals surface area contributed by atoms with E-state index in [2.05, 4.69) is 16.9 Å². The predicted octanol–water partition coefficient (Wildman–Crippen LogP) is 2.53. The number of aromatic nitrogens is 2. The number of hydrogen-bond acceptors (Lipinski definition) is 3. The van der Waals surface area contributed by atoms with Crippen LogP contribution >= 0.6 is 0 Å². The molecule has 1 aliphatic rings. The van der Waals surface area contributed by atoms with E-state index < -0.39 is 0 Å². The average molecular weight is 275 g/mol. The monoisotopic (exact) mass is 275 g/mol. The Balaban J connectivity index is 2.03. The van der Waals surface area contributed by atoms with Crippen LogP contribution in [0.15, 0.2) is 30.0 Å². The third-order valence-corrected chi connectivity index (χ3v) is 3.48. The summed E-state index contributed by atoms with van der Waals surface area (Å²) in [5.74, 6) is 0.300. The molecular formula is C15H21N3O2. The maximum atomic E-state index is 12.4. The number of aromatic amines is 1. The van der Waals surface area contributed by atoms with E-state index in [1.165, 1.54) is 0 Å². The van der Waals surface area contributed by atoms with Gasteiger partial charge in [0.2, 0.25) is 0 Å². The molecule has 2 rings (SSSR count). The molecule has 0 atom stereocenters. The van der Waals surface area contributed by atoms with Gasteiger partial charge in [-0.3, -0.25) is 4.79 Å². The summed E-state index contributed by atoms with van der Waals surface area (Å²) >= 11 is 0. The van der Waals surface area contributed by atoms with Crippen molar-refractivity contribution in [1.82, 2.24) is 14.9 Å². The Hall–Kier alpha value is -2.04. The Morgan fingerprint density at radius 1 is 1.60 bits per heavy atom. The van der Waals surface area contributed by atoms with Crippen LogP contribution in [0, 0.1) is 0 Å². The van der Waals surface area contributed by atoms with E-state index in [0.29, 0.717) is 18.8 Å². The van der Waals surface area contributed by atoms with E-state index in [4.69, 9.17) is 4.74 Å². The molecule has 0 unspecified atom stereocenters. The molecule has 0 fully saturated rings. The molecule has 1 aliphatic heterocycles. The van der Waals surface area contributed by atoms with Gasteiger partial charge in [-0.15, -0.1) is 0 Å². The number of rotatable bonds is 4. The largest absolute Gasteiger partial charge is 0.460 e. The molecule has 2 heterocycles. The Bertz CT molecular complexity index is 543. The normalized spacial score (nSPS) is 16.1. The summed E-state index contributed by atoms with van der Waals surface area (Å²) in [6.07, 6.45) is 6.74. The third kappa shape index (κ3) is 3.10. The lowest BCUT2D eigenvalue weighted by Crippen LogP contribution is -2.37. The SMILES string of the molecule is C/C=C(\O/C=C(/C)CC)C(=O)N1CCc2nc[nH]c2C1. The Morgan fingerprint density at radius 3 is 3.10 bits per heavy atom. The highest BCUT2D eigenvalue weighted by atomic mass is 16.5. The average Bonchev–Trinajstić information content (AvgIpc) is 2.94. The first-order chi connectivity index (χ1) is 9.65. The quantitative estimate of drug-likeness (QED) is 0.678. The number of fused-ring (bicyclic) bond motifs is 1. The van der Waals surface area contributed by atoms with Crippen LogP contribution in [0.25, 0.3) is 0 Å². The summed E-state index contributed by atoms with van der Waals surface area (Å²) in [6, 6.07) is 0. The van der Waals surface area contributed by atoms with Gasteiger partial charge in [-0.05, 0) is 31.9 Å². The van der Waals surface area contributed by atoms with E-state index in [1.807, 2.05) is 13.8 Å². The number of hydrogen-bond donors (Lipinski definition) is 1. The van der Waals surface area contributed by atoms with E-state index in [1.54, 1.807) is 23.6 Å². The number of imidazole rings is 1. The molecule has 0 spiro atoms. The van der Waals surface area contributed by atoms with Crippen LogP contribution in [0.4, 0.5) is 0 Å². The van der Waals surface area contributed by atoms with Crippen LogP contribution < -0.4 is 0 Å². The predicted molar refractivity (Wildman–Crippen MR) is 76.6 cm³/mol. The minimum atomic E-state index is -0.0760. The van der Waals surface area contributed by atoms with Gasteiger partial charge in [0.1, 0.15) is 0 Å². The van der Waals surface area contributed by atoms with Gasteiger partial charge >= 0.3 is 0 Å². The number of allylic oxidation sites excluding steroid dienone is 2. The van der Waals surface area contributed by atoms with Gasteiger partial charge in [0, 0.05) is 13.0 Å². The minimum absolute atomic E-state index is 0.0760. The number of nitrogens with one attached hydrogen (secondary N) is 1. The summed E-state index contributed by atoms with van der Waals surface area (Å²) in [6.45, 7) is 7.08. The van der Waals surface area contributed by atoms with Crippen LogP contribution in [0.3, 0.4) is 0 Å². The van der Waals surface area contributed by atoms with Crippen LogP contribution in [0.2, 0.25) is 0 Å². The van der Waals surface area contributed by atoms with Crippen molar-refractivity contribution >= 4 is 5.91 Å². The highest BCUT2D eigenvalue weighted by Crippen LogP contribution is 2.17. The van der Waals surface area contributed by atoms with Crippen LogP contribution in [0.5, 0.6) is 0 Å². The van der Waals surface area contributed by atoms with Crippen molar-refractivity contribution in [2.45, 2.75) is 40.2 Å². The second-order valence-electron chi connectivity index (χ2n) is 4.89. The zero-order chi connectivity index (χ0) is 14.5. The number of nitrogens with zero attached hydrogens (tertiary/aromatic N) is 2. The zero-order valence-electron chi connectivity index (χ0n) is 12.3. The Labute approximate surface area is 119 Å². The smallest absolute Gasteiger partial charge is 0.289 e. The van der Waals surface area contributed by atoms with E-state index >= 15 is 0 Å². The molecule has 108 valence electrons. The lowest BCUT2D eigenvalue weighted by molar-refractivity contribution is -0.130. The van der Waals surface area contributed by atoms with Crippen LogP contribution in [0.1, 0.15) is 38.6 Å². The molecule has 5 nitrogen and oxygen atoms in total. The van der Waals surface area contributed by atoms with Crippen molar-refractivity contribution in [3.05, 3.63) is 41.4 Å². The van der Waals surface area contributed by atoms with Gasteiger partial charge in [-0.25, -0.2) is 4.98 Å². The molecule has 0 aromatic carbocycles. The second kappa shape index (κ2) is 6.41. The van der Waals surface area contributed by atoms with Crippen molar-refractivity contribution in [3.63, 3.8) is 0 Å². The summed E-state index contributed by atoms with van der Waals surface area (Å²) in [5, 5.41) is 0. The molecule has 20 heavy (non-hydrogen) atoms. The molecule has 1 aromatic rings. The molecule has 0 radical (unpaired) electrons. The number of ether oxygens (including phenoxy) is 1. The minimum Gasteiger partial charge on any atom is -0.460 e. The Kier molecular flexibility index (Phi) is 4.61. The van der Waals surface area contributed by atoms with E-state index in [-0.39, 0.29) is 5.91 Å². The molecule has 1 amide bonds. The van der Waals surface area contributed by atoms with Crippen molar-refractivity contribution in [2.75, 3.05) is 6.54 Å². The maximum absolute atomic E-state index is 12.4. The van der Waals surface area contributed by atoms with Gasteiger partial charge in [0.05, 0.1) is 30.5 Å². The summed E-state index contributed by atoms with van der Waals surface area (Å²) < 4.78 is 5.51. The summed E-state index contributed by atoms with van der Waals surface area (Å²) in [4.78, 5) is 21.5. The highest BCUT2D eigenvalue weighted by Gasteiger charge is 2.25. The zero-order valence-corrected chi connectivity index (χ0v) is 12.3. The maximum Gasteiger partial charge on any atom is 0.289 e. The van der Waals surface area contributed by atoms with E-state index in [0.717, 1.165) is 29.8 Å². The highest BCUT2D eigenvalue weighted by molar-refractivity contribution is 5.91.